The van der Waals surface area contributed by atoms with Crippen LogP contribution in [0.2, 0.25) is 5.02 Å². The van der Waals surface area contributed by atoms with Crippen LogP contribution >= 0.6 is 11.6 Å². The maximum absolute atomic E-state index is 14.2. The monoisotopic (exact) mass is 433 g/mol. The number of carbonyl (C=O) groups is 1. The minimum atomic E-state index is -1.17. The maximum atomic E-state index is 14.2. The summed E-state index contributed by atoms with van der Waals surface area (Å²) in [5, 5.41) is 23.4. The van der Waals surface area contributed by atoms with Crippen LogP contribution in [0.15, 0.2) is 42.7 Å². The molecular weight excluding hydrogens is 417 g/mol. The molecule has 0 aliphatic rings. The highest BCUT2D eigenvalue weighted by atomic mass is 35.5. The summed E-state index contributed by atoms with van der Waals surface area (Å²) in [4.78, 5) is 25.6. The van der Waals surface area contributed by atoms with Gasteiger partial charge in [-0.25, -0.2) is 14.2 Å². The van der Waals surface area contributed by atoms with Gasteiger partial charge in [0.1, 0.15) is 11.6 Å². The van der Waals surface area contributed by atoms with Gasteiger partial charge in [-0.3, -0.25) is 10.1 Å². The predicted octanol–water partition coefficient (Wildman–Crippen LogP) is 4.03. The second kappa shape index (κ2) is 8.78. The average Bonchev–Trinajstić information content (AvgIpc) is 3.09. The Morgan fingerprint density at radius 2 is 2.07 bits per heavy atom. The molecule has 0 amide bonds. The fraction of sp³-hybridized carbons (Fsp3) is 0.158. The van der Waals surface area contributed by atoms with E-state index in [0.717, 1.165) is 6.07 Å². The van der Waals surface area contributed by atoms with Crippen molar-refractivity contribution >= 4 is 34.9 Å². The molecule has 156 valence electrons. The Kier molecular flexibility index (Phi) is 6.17. The summed E-state index contributed by atoms with van der Waals surface area (Å²) >= 11 is 5.77. The van der Waals surface area contributed by atoms with Crippen LogP contribution in [-0.2, 0) is 6.54 Å². The number of benzene rings is 1. The van der Waals surface area contributed by atoms with E-state index in [0.29, 0.717) is 25.3 Å². The molecule has 0 aliphatic heterocycles. The predicted molar refractivity (Wildman–Crippen MR) is 110 cm³/mol. The number of carboxylic acids is 1. The van der Waals surface area contributed by atoms with Crippen molar-refractivity contribution in [1.29, 1.82) is 0 Å². The third-order valence-electron chi connectivity index (χ3n) is 4.33. The molecule has 2 aromatic heterocycles. The van der Waals surface area contributed by atoms with Gasteiger partial charge in [-0.15, -0.1) is 0 Å². The molecule has 0 fully saturated rings. The van der Waals surface area contributed by atoms with Crippen LogP contribution in [0.25, 0.3) is 11.1 Å². The number of rotatable bonds is 8. The lowest BCUT2D eigenvalue weighted by molar-refractivity contribution is -0.384. The van der Waals surface area contributed by atoms with E-state index in [9.17, 15) is 24.4 Å². The number of pyridine rings is 1. The second-order valence-corrected chi connectivity index (χ2v) is 6.83. The highest BCUT2D eigenvalue weighted by Gasteiger charge is 2.18. The van der Waals surface area contributed by atoms with Crippen LogP contribution in [0.4, 0.5) is 21.7 Å². The average molecular weight is 434 g/mol. The van der Waals surface area contributed by atoms with Gasteiger partial charge in [0.15, 0.2) is 0 Å². The van der Waals surface area contributed by atoms with E-state index in [4.69, 9.17) is 17.3 Å². The van der Waals surface area contributed by atoms with Gasteiger partial charge in [-0.2, -0.15) is 0 Å². The van der Waals surface area contributed by atoms with Gasteiger partial charge in [-0.05, 0) is 30.7 Å². The number of nitrogen functional groups attached to an aromatic ring is 1. The molecule has 3 aromatic rings. The van der Waals surface area contributed by atoms with Crippen LogP contribution in [0.5, 0.6) is 0 Å². The lowest BCUT2D eigenvalue weighted by Gasteiger charge is -2.07. The van der Waals surface area contributed by atoms with Crippen molar-refractivity contribution < 1.29 is 19.2 Å². The zero-order valence-corrected chi connectivity index (χ0v) is 16.3. The molecule has 1 aromatic carbocycles. The minimum absolute atomic E-state index is 0.0195. The molecule has 9 nitrogen and oxygen atoms in total. The van der Waals surface area contributed by atoms with Crippen molar-refractivity contribution in [3.63, 3.8) is 0 Å². The number of aromatic carboxylic acids is 1. The molecule has 0 radical (unpaired) electrons. The summed E-state index contributed by atoms with van der Waals surface area (Å²) in [5.74, 6) is -1.56. The number of aryl methyl sites for hydroxylation is 1. The number of halogens is 2. The van der Waals surface area contributed by atoms with Crippen molar-refractivity contribution in [2.75, 3.05) is 17.6 Å². The van der Waals surface area contributed by atoms with Crippen LogP contribution in [0.1, 0.15) is 16.8 Å². The largest absolute Gasteiger partial charge is 0.478 e. The highest BCUT2D eigenvalue weighted by molar-refractivity contribution is 6.30. The van der Waals surface area contributed by atoms with Crippen LogP contribution < -0.4 is 11.1 Å². The Morgan fingerprint density at radius 3 is 2.70 bits per heavy atom. The molecule has 2 heterocycles. The SMILES string of the molecule is Nc1nc(NCCCn2cc(C(=O)O)c(-c3ccc(Cl)cc3F)c2)ccc1[N+](=O)[O-]. The van der Waals surface area contributed by atoms with Crippen molar-refractivity contribution in [2.24, 2.45) is 0 Å². The van der Waals surface area contributed by atoms with Gasteiger partial charge in [0.25, 0.3) is 0 Å². The molecule has 0 unspecified atom stereocenters. The van der Waals surface area contributed by atoms with Crippen molar-refractivity contribution in [3.05, 3.63) is 69.2 Å². The first-order valence-electron chi connectivity index (χ1n) is 8.79. The number of anilines is 2. The Hall–Kier alpha value is -3.66. The molecular formula is C19H17ClFN5O4. The van der Waals surface area contributed by atoms with E-state index in [-0.39, 0.29) is 33.2 Å². The number of nitrogens with two attached hydrogens (primary N) is 1. The van der Waals surface area contributed by atoms with E-state index in [2.05, 4.69) is 10.3 Å². The number of nitro groups is 1. The maximum Gasteiger partial charge on any atom is 0.337 e. The van der Waals surface area contributed by atoms with Gasteiger partial charge in [-0.1, -0.05) is 11.6 Å². The second-order valence-electron chi connectivity index (χ2n) is 6.39. The Morgan fingerprint density at radius 1 is 1.30 bits per heavy atom. The Bertz CT molecular complexity index is 1120. The van der Waals surface area contributed by atoms with Gasteiger partial charge in [0.05, 0.1) is 10.5 Å². The first kappa shape index (κ1) is 21.1. The summed E-state index contributed by atoms with van der Waals surface area (Å²) in [5.41, 5.74) is 5.67. The number of carboxylic acid groups (broad SMARTS) is 1. The minimum Gasteiger partial charge on any atom is -0.478 e. The zero-order chi connectivity index (χ0) is 21.8. The van der Waals surface area contributed by atoms with Crippen LogP contribution in [0.3, 0.4) is 0 Å². The number of aromatic nitrogens is 2. The van der Waals surface area contributed by atoms with E-state index in [1.54, 1.807) is 10.8 Å². The summed E-state index contributed by atoms with van der Waals surface area (Å²) in [7, 11) is 0. The van der Waals surface area contributed by atoms with Crippen molar-refractivity contribution in [2.45, 2.75) is 13.0 Å². The lowest BCUT2D eigenvalue weighted by atomic mass is 10.0. The van der Waals surface area contributed by atoms with Gasteiger partial charge < -0.3 is 20.7 Å². The lowest BCUT2D eigenvalue weighted by Crippen LogP contribution is -2.08. The molecule has 0 aliphatic carbocycles. The first-order chi connectivity index (χ1) is 14.3. The van der Waals surface area contributed by atoms with E-state index >= 15 is 0 Å². The smallest absolute Gasteiger partial charge is 0.337 e. The Balaban J connectivity index is 1.67. The van der Waals surface area contributed by atoms with Crippen LogP contribution in [0, 0.1) is 15.9 Å². The molecule has 11 heteroatoms. The quantitative estimate of drug-likeness (QED) is 0.277. The van der Waals surface area contributed by atoms with Crippen LogP contribution in [-0.4, -0.2) is 32.1 Å². The molecule has 0 saturated heterocycles. The summed E-state index contributed by atoms with van der Waals surface area (Å²) in [6, 6.07) is 6.79. The highest BCUT2D eigenvalue weighted by Crippen LogP contribution is 2.29. The van der Waals surface area contributed by atoms with Gasteiger partial charge in [0.2, 0.25) is 5.82 Å². The molecule has 0 atom stereocenters. The number of nitrogens with one attached hydrogen (secondary N) is 1. The fourth-order valence-corrected chi connectivity index (χ4v) is 3.09. The summed E-state index contributed by atoms with van der Waals surface area (Å²) < 4.78 is 15.9. The van der Waals surface area contributed by atoms with E-state index in [1.807, 2.05) is 0 Å². The topological polar surface area (TPSA) is 136 Å². The van der Waals surface area contributed by atoms with E-state index in [1.165, 1.54) is 30.5 Å². The molecule has 30 heavy (non-hydrogen) atoms. The zero-order valence-electron chi connectivity index (χ0n) is 15.5. The standard InChI is InChI=1S/C19H17ClFN5O4/c20-11-2-3-12(15(21)8-11)13-9-25(10-14(13)19(27)28)7-1-6-23-17-5-4-16(26(29)30)18(22)24-17/h2-5,8-10H,1,6-7H2,(H,27,28)(H3,22,23,24). The molecule has 4 N–H and O–H groups in total. The van der Waals surface area contributed by atoms with E-state index < -0.39 is 16.7 Å². The van der Waals surface area contributed by atoms with Crippen molar-refractivity contribution in [3.8, 4) is 11.1 Å². The Labute approximate surface area is 175 Å². The third kappa shape index (κ3) is 4.66. The molecule has 0 bridgehead atoms. The molecule has 0 saturated carbocycles. The van der Waals surface area contributed by atoms with Gasteiger partial charge in [0, 0.05) is 47.7 Å². The summed E-state index contributed by atoms with van der Waals surface area (Å²) in [6.07, 6.45) is 3.58. The number of nitrogens with zero attached hydrogens (tertiary/aromatic N) is 3. The third-order valence-corrected chi connectivity index (χ3v) is 4.57. The first-order valence-corrected chi connectivity index (χ1v) is 9.17. The molecule has 0 spiro atoms. The number of hydrogen-bond donors (Lipinski definition) is 3. The number of hydrogen-bond acceptors (Lipinski definition) is 6. The summed E-state index contributed by atoms with van der Waals surface area (Å²) in [6.45, 7) is 0.903. The van der Waals surface area contributed by atoms with Crippen molar-refractivity contribution in [1.82, 2.24) is 9.55 Å². The normalized spacial score (nSPS) is 10.7. The molecule has 3 rings (SSSR count). The fourth-order valence-electron chi connectivity index (χ4n) is 2.93. The van der Waals surface area contributed by atoms with Gasteiger partial charge >= 0.3 is 11.7 Å².